The van der Waals surface area contributed by atoms with Crippen LogP contribution in [0.1, 0.15) is 39.5 Å². The van der Waals surface area contributed by atoms with E-state index in [1.165, 1.54) is 23.5 Å². The summed E-state index contributed by atoms with van der Waals surface area (Å²) < 4.78 is 0. The van der Waals surface area contributed by atoms with E-state index >= 15 is 0 Å². The summed E-state index contributed by atoms with van der Waals surface area (Å²) in [6, 6.07) is 10.5. The van der Waals surface area contributed by atoms with Crippen molar-refractivity contribution >= 4 is 11.8 Å². The lowest BCUT2D eigenvalue weighted by atomic mass is 10.0. The highest BCUT2D eigenvalue weighted by atomic mass is 32.2. The van der Waals surface area contributed by atoms with E-state index in [9.17, 15) is 5.11 Å². The number of hydrogen-bond donors (Lipinski definition) is 1. The monoisotopic (exact) mass is 238 g/mol. The molecule has 1 nitrogen and oxygen atoms in total. The molecule has 0 unspecified atom stereocenters. The SMILES string of the molecule is CC(C)(O)CCCCCSc1ccccc1. The average molecular weight is 238 g/mol. The van der Waals surface area contributed by atoms with E-state index in [0.717, 1.165) is 12.8 Å². The molecule has 16 heavy (non-hydrogen) atoms. The average Bonchev–Trinajstić information content (AvgIpc) is 2.23. The minimum atomic E-state index is -0.493. The molecule has 0 bridgehead atoms. The fourth-order valence-electron chi connectivity index (χ4n) is 1.54. The normalized spacial score (nSPS) is 11.7. The van der Waals surface area contributed by atoms with Crippen LogP contribution in [0.25, 0.3) is 0 Å². The van der Waals surface area contributed by atoms with Crippen molar-refractivity contribution < 1.29 is 5.11 Å². The Kier molecular flexibility index (Phi) is 5.93. The molecule has 0 saturated heterocycles. The first-order valence-corrected chi connectivity index (χ1v) is 6.97. The molecule has 0 aliphatic rings. The zero-order valence-corrected chi connectivity index (χ0v) is 11.1. The maximum absolute atomic E-state index is 9.55. The first-order valence-electron chi connectivity index (χ1n) is 5.98. The van der Waals surface area contributed by atoms with Crippen LogP contribution in [0.2, 0.25) is 0 Å². The summed E-state index contributed by atoms with van der Waals surface area (Å²) in [5.74, 6) is 1.18. The molecule has 0 aliphatic heterocycles. The predicted octanol–water partition coefficient (Wildman–Crippen LogP) is 4.11. The van der Waals surface area contributed by atoms with E-state index in [0.29, 0.717) is 0 Å². The molecule has 0 spiro atoms. The molecule has 0 amide bonds. The van der Waals surface area contributed by atoms with Crippen molar-refractivity contribution in [2.75, 3.05) is 5.75 Å². The molecule has 1 aromatic rings. The molecule has 0 radical (unpaired) electrons. The molecule has 2 heteroatoms. The van der Waals surface area contributed by atoms with Crippen LogP contribution in [0.15, 0.2) is 35.2 Å². The number of thioether (sulfide) groups is 1. The van der Waals surface area contributed by atoms with Gasteiger partial charge in [0.1, 0.15) is 0 Å². The van der Waals surface area contributed by atoms with E-state index in [-0.39, 0.29) is 0 Å². The largest absolute Gasteiger partial charge is 0.390 e. The highest BCUT2D eigenvalue weighted by molar-refractivity contribution is 7.99. The van der Waals surface area contributed by atoms with E-state index in [2.05, 4.69) is 24.3 Å². The van der Waals surface area contributed by atoms with Crippen LogP contribution in [-0.2, 0) is 0 Å². The molecule has 90 valence electrons. The molecule has 1 rings (SSSR count). The van der Waals surface area contributed by atoms with Gasteiger partial charge in [0.15, 0.2) is 0 Å². The van der Waals surface area contributed by atoms with Gasteiger partial charge in [0.2, 0.25) is 0 Å². The van der Waals surface area contributed by atoms with Crippen LogP contribution in [0.4, 0.5) is 0 Å². The maximum atomic E-state index is 9.55. The lowest BCUT2D eigenvalue weighted by Crippen LogP contribution is -2.17. The van der Waals surface area contributed by atoms with Gasteiger partial charge in [-0.2, -0.15) is 0 Å². The molecule has 0 aliphatic carbocycles. The van der Waals surface area contributed by atoms with Gasteiger partial charge in [0, 0.05) is 4.90 Å². The van der Waals surface area contributed by atoms with Crippen molar-refractivity contribution in [2.24, 2.45) is 0 Å². The van der Waals surface area contributed by atoms with Crippen LogP contribution in [0.5, 0.6) is 0 Å². The number of aliphatic hydroxyl groups is 1. The zero-order valence-electron chi connectivity index (χ0n) is 10.3. The fourth-order valence-corrected chi connectivity index (χ4v) is 2.48. The van der Waals surface area contributed by atoms with Gasteiger partial charge in [-0.05, 0) is 44.6 Å². The molecular formula is C14H22OS. The molecule has 0 saturated carbocycles. The van der Waals surface area contributed by atoms with Gasteiger partial charge in [-0.15, -0.1) is 11.8 Å². The second-order valence-electron chi connectivity index (χ2n) is 4.78. The summed E-state index contributed by atoms with van der Waals surface area (Å²) in [5.41, 5.74) is -0.493. The Morgan fingerprint density at radius 3 is 2.38 bits per heavy atom. The third-order valence-corrected chi connectivity index (χ3v) is 3.54. The predicted molar refractivity (Wildman–Crippen MR) is 71.9 cm³/mol. The minimum absolute atomic E-state index is 0.493. The van der Waals surface area contributed by atoms with Crippen molar-refractivity contribution in [3.05, 3.63) is 30.3 Å². The summed E-state index contributed by atoms with van der Waals surface area (Å²) in [7, 11) is 0. The van der Waals surface area contributed by atoms with Crippen LogP contribution in [0, 0.1) is 0 Å². The zero-order chi connectivity index (χ0) is 11.9. The summed E-state index contributed by atoms with van der Waals surface area (Å²) in [5, 5.41) is 9.55. The highest BCUT2D eigenvalue weighted by Gasteiger charge is 2.10. The Labute approximate surface area is 103 Å². The Hall–Kier alpha value is -0.470. The molecule has 0 atom stereocenters. The van der Waals surface area contributed by atoms with Gasteiger partial charge >= 0.3 is 0 Å². The second-order valence-corrected chi connectivity index (χ2v) is 5.95. The minimum Gasteiger partial charge on any atom is -0.390 e. The van der Waals surface area contributed by atoms with Crippen LogP contribution >= 0.6 is 11.8 Å². The molecular weight excluding hydrogens is 216 g/mol. The Bertz CT molecular complexity index is 277. The number of rotatable bonds is 7. The molecule has 1 aromatic carbocycles. The quantitative estimate of drug-likeness (QED) is 0.570. The maximum Gasteiger partial charge on any atom is 0.0591 e. The lowest BCUT2D eigenvalue weighted by Gasteiger charge is -2.16. The van der Waals surface area contributed by atoms with Crippen molar-refractivity contribution in [2.45, 2.75) is 50.0 Å². The summed E-state index contributed by atoms with van der Waals surface area (Å²) in [4.78, 5) is 1.35. The molecule has 1 N–H and O–H groups in total. The first kappa shape index (κ1) is 13.6. The van der Waals surface area contributed by atoms with Gasteiger partial charge < -0.3 is 5.11 Å². The summed E-state index contributed by atoms with van der Waals surface area (Å²) in [6.45, 7) is 3.76. The van der Waals surface area contributed by atoms with Gasteiger partial charge in [-0.1, -0.05) is 31.0 Å². The standard InChI is InChI=1S/C14H22OS/c1-14(2,15)11-7-4-8-12-16-13-9-5-3-6-10-13/h3,5-6,9-10,15H,4,7-8,11-12H2,1-2H3. The summed E-state index contributed by atoms with van der Waals surface area (Å²) >= 11 is 1.92. The van der Waals surface area contributed by atoms with E-state index in [1.807, 2.05) is 31.7 Å². The van der Waals surface area contributed by atoms with Crippen LogP contribution in [-0.4, -0.2) is 16.5 Å². The first-order chi connectivity index (χ1) is 7.58. The van der Waals surface area contributed by atoms with Crippen LogP contribution < -0.4 is 0 Å². The molecule has 0 fully saturated rings. The van der Waals surface area contributed by atoms with Crippen molar-refractivity contribution in [1.82, 2.24) is 0 Å². The third kappa shape index (κ3) is 6.91. The van der Waals surface area contributed by atoms with E-state index < -0.39 is 5.60 Å². The molecule has 0 heterocycles. The van der Waals surface area contributed by atoms with E-state index in [1.54, 1.807) is 0 Å². The third-order valence-electron chi connectivity index (χ3n) is 2.44. The lowest BCUT2D eigenvalue weighted by molar-refractivity contribution is 0.0682. The van der Waals surface area contributed by atoms with Crippen molar-refractivity contribution in [1.29, 1.82) is 0 Å². The number of benzene rings is 1. The summed E-state index contributed by atoms with van der Waals surface area (Å²) in [6.07, 6.45) is 4.47. The van der Waals surface area contributed by atoms with Crippen molar-refractivity contribution in [3.8, 4) is 0 Å². The van der Waals surface area contributed by atoms with Gasteiger partial charge in [0.05, 0.1) is 5.60 Å². The smallest absolute Gasteiger partial charge is 0.0591 e. The Morgan fingerprint density at radius 1 is 1.06 bits per heavy atom. The molecule has 0 aromatic heterocycles. The number of unbranched alkanes of at least 4 members (excludes halogenated alkanes) is 2. The van der Waals surface area contributed by atoms with Gasteiger partial charge in [0.25, 0.3) is 0 Å². The van der Waals surface area contributed by atoms with Crippen LogP contribution in [0.3, 0.4) is 0 Å². The Balaban J connectivity index is 2.01. The second kappa shape index (κ2) is 6.97. The van der Waals surface area contributed by atoms with Crippen molar-refractivity contribution in [3.63, 3.8) is 0 Å². The van der Waals surface area contributed by atoms with Gasteiger partial charge in [-0.25, -0.2) is 0 Å². The number of hydrogen-bond acceptors (Lipinski definition) is 2. The Morgan fingerprint density at radius 2 is 1.75 bits per heavy atom. The van der Waals surface area contributed by atoms with E-state index in [4.69, 9.17) is 0 Å². The van der Waals surface area contributed by atoms with Gasteiger partial charge in [-0.3, -0.25) is 0 Å². The fraction of sp³-hybridized carbons (Fsp3) is 0.571. The highest BCUT2D eigenvalue weighted by Crippen LogP contribution is 2.20. The topological polar surface area (TPSA) is 20.2 Å².